The molecule has 8 heteroatoms. The van der Waals surface area contributed by atoms with Crippen LogP contribution in [0.2, 0.25) is 0 Å². The summed E-state index contributed by atoms with van der Waals surface area (Å²) in [5, 5.41) is 21.2. The Kier molecular flexibility index (Phi) is 4.18. The highest BCUT2D eigenvalue weighted by Crippen LogP contribution is 2.46. The highest BCUT2D eigenvalue weighted by Gasteiger charge is 2.46. The summed E-state index contributed by atoms with van der Waals surface area (Å²) in [6.45, 7) is 1.68. The van der Waals surface area contributed by atoms with Crippen LogP contribution in [0.3, 0.4) is 0 Å². The van der Waals surface area contributed by atoms with E-state index in [4.69, 9.17) is 4.52 Å². The molecule has 7 nitrogen and oxygen atoms in total. The third kappa shape index (κ3) is 3.43. The predicted octanol–water partition coefficient (Wildman–Crippen LogP) is 1.40. The molecule has 1 fully saturated rings. The van der Waals surface area contributed by atoms with Crippen LogP contribution in [-0.4, -0.2) is 28.6 Å². The average Bonchev–Trinajstić information content (AvgIpc) is 3.08. The Hall–Kier alpha value is -2.19. The monoisotopic (exact) mass is 335 g/mol. The Labute approximate surface area is 136 Å². The molecule has 1 aliphatic rings. The highest BCUT2D eigenvalue weighted by molar-refractivity contribution is 7.10. The third-order valence-electron chi connectivity index (χ3n) is 3.79. The number of hydrogen-bond donors (Lipinski definition) is 3. The van der Waals surface area contributed by atoms with Crippen LogP contribution < -0.4 is 10.6 Å². The zero-order chi connectivity index (χ0) is 16.4. The van der Waals surface area contributed by atoms with E-state index in [-0.39, 0.29) is 18.3 Å². The van der Waals surface area contributed by atoms with Gasteiger partial charge in [-0.05, 0) is 37.1 Å². The molecule has 0 aliphatic heterocycles. The summed E-state index contributed by atoms with van der Waals surface area (Å²) < 4.78 is 4.81. The molecule has 0 unspecified atom stereocenters. The maximum atomic E-state index is 11.9. The summed E-state index contributed by atoms with van der Waals surface area (Å²) in [7, 11) is 0. The van der Waals surface area contributed by atoms with Crippen LogP contribution in [-0.2, 0) is 15.2 Å². The number of nitrogens with zero attached hydrogens (tertiary/aromatic N) is 1. The molecule has 2 aromatic rings. The molecule has 23 heavy (non-hydrogen) atoms. The fraction of sp³-hybridized carbons (Fsp3) is 0.400. The predicted molar refractivity (Wildman–Crippen MR) is 83.8 cm³/mol. The first-order valence-electron chi connectivity index (χ1n) is 7.28. The third-order valence-corrected chi connectivity index (χ3v) is 4.83. The lowest BCUT2D eigenvalue weighted by atomic mass is 9.95. The first-order valence-corrected chi connectivity index (χ1v) is 8.16. The van der Waals surface area contributed by atoms with Gasteiger partial charge in [-0.3, -0.25) is 14.9 Å². The zero-order valence-corrected chi connectivity index (χ0v) is 13.4. The van der Waals surface area contributed by atoms with E-state index in [0.29, 0.717) is 5.76 Å². The largest absolute Gasteiger partial charge is 0.382 e. The van der Waals surface area contributed by atoms with E-state index in [1.165, 1.54) is 17.4 Å². The van der Waals surface area contributed by atoms with Gasteiger partial charge in [-0.25, -0.2) is 0 Å². The number of thiophene rings is 1. The van der Waals surface area contributed by atoms with Gasteiger partial charge in [0.05, 0.1) is 6.54 Å². The molecule has 122 valence electrons. The minimum atomic E-state index is -1.12. The molecule has 3 N–H and O–H groups in total. The summed E-state index contributed by atoms with van der Waals surface area (Å²) in [4.78, 5) is 24.5. The fourth-order valence-corrected chi connectivity index (χ4v) is 3.32. The van der Waals surface area contributed by atoms with Gasteiger partial charge >= 0.3 is 11.8 Å². The van der Waals surface area contributed by atoms with Gasteiger partial charge in [0.1, 0.15) is 11.4 Å². The van der Waals surface area contributed by atoms with Gasteiger partial charge in [-0.2, -0.15) is 0 Å². The minimum Gasteiger partial charge on any atom is -0.382 e. The van der Waals surface area contributed by atoms with E-state index in [2.05, 4.69) is 15.8 Å². The van der Waals surface area contributed by atoms with E-state index in [1.807, 2.05) is 17.5 Å². The van der Waals surface area contributed by atoms with Crippen molar-refractivity contribution in [3.05, 3.63) is 34.2 Å². The molecule has 1 aliphatic carbocycles. The van der Waals surface area contributed by atoms with Crippen molar-refractivity contribution < 1.29 is 19.2 Å². The molecular formula is C15H17N3O4S. The van der Waals surface area contributed by atoms with Crippen molar-refractivity contribution in [3.63, 3.8) is 0 Å². The molecule has 0 aromatic carbocycles. The maximum absolute atomic E-state index is 11.9. The summed E-state index contributed by atoms with van der Waals surface area (Å²) >= 11 is 1.44. The van der Waals surface area contributed by atoms with Crippen molar-refractivity contribution >= 4 is 29.0 Å². The van der Waals surface area contributed by atoms with Gasteiger partial charge < -0.3 is 14.9 Å². The second kappa shape index (κ2) is 6.13. The van der Waals surface area contributed by atoms with Crippen molar-refractivity contribution in [3.8, 4) is 0 Å². The quantitative estimate of drug-likeness (QED) is 0.716. The van der Waals surface area contributed by atoms with Gasteiger partial charge in [-0.15, -0.1) is 11.3 Å². The molecular weight excluding hydrogens is 318 g/mol. The van der Waals surface area contributed by atoms with Crippen LogP contribution in [0.25, 0.3) is 0 Å². The molecule has 1 atom stereocenters. The van der Waals surface area contributed by atoms with Crippen LogP contribution in [0.1, 0.15) is 23.5 Å². The smallest absolute Gasteiger partial charge is 0.314 e. The van der Waals surface area contributed by atoms with E-state index in [0.717, 1.165) is 17.7 Å². The van der Waals surface area contributed by atoms with Gasteiger partial charge in [0, 0.05) is 10.9 Å². The summed E-state index contributed by atoms with van der Waals surface area (Å²) in [5.74, 6) is -0.841. The Morgan fingerprint density at radius 2 is 2.26 bits per heavy atom. The van der Waals surface area contributed by atoms with Gasteiger partial charge in [0.25, 0.3) is 0 Å². The van der Waals surface area contributed by atoms with Gasteiger partial charge in [0.2, 0.25) is 0 Å². The number of amides is 2. The van der Waals surface area contributed by atoms with Crippen LogP contribution in [0, 0.1) is 12.8 Å². The van der Waals surface area contributed by atoms with E-state index in [9.17, 15) is 14.7 Å². The van der Waals surface area contributed by atoms with E-state index < -0.39 is 17.4 Å². The fourth-order valence-electron chi connectivity index (χ4n) is 2.41. The maximum Gasteiger partial charge on any atom is 0.314 e. The molecule has 2 amide bonds. The molecule has 0 saturated heterocycles. The Balaban J connectivity index is 1.60. The first-order chi connectivity index (χ1) is 11.0. The van der Waals surface area contributed by atoms with Crippen molar-refractivity contribution in [2.24, 2.45) is 5.92 Å². The lowest BCUT2D eigenvalue weighted by Crippen LogP contribution is -2.45. The number of rotatable bonds is 5. The molecule has 2 aromatic heterocycles. The lowest BCUT2D eigenvalue weighted by molar-refractivity contribution is -0.137. The number of aromatic nitrogens is 1. The number of hydrogen-bond acceptors (Lipinski definition) is 6. The summed E-state index contributed by atoms with van der Waals surface area (Å²) in [6.07, 6.45) is 1.82. The van der Waals surface area contributed by atoms with Crippen molar-refractivity contribution in [1.29, 1.82) is 0 Å². The molecule has 2 heterocycles. The molecule has 1 saturated carbocycles. The second-order valence-corrected chi connectivity index (χ2v) is 6.58. The highest BCUT2D eigenvalue weighted by atomic mass is 32.1. The molecule has 3 rings (SSSR count). The van der Waals surface area contributed by atoms with Gasteiger partial charge in [0.15, 0.2) is 5.82 Å². The number of carbonyl (C=O) groups excluding carboxylic acids is 2. The van der Waals surface area contributed by atoms with Crippen LogP contribution >= 0.6 is 11.3 Å². The molecule has 0 spiro atoms. The number of nitrogens with one attached hydrogen (secondary N) is 2. The Bertz CT molecular complexity index is 708. The van der Waals surface area contributed by atoms with Crippen LogP contribution in [0.15, 0.2) is 28.1 Å². The van der Waals surface area contributed by atoms with E-state index in [1.54, 1.807) is 6.92 Å². The lowest BCUT2D eigenvalue weighted by Gasteiger charge is -2.27. The number of aliphatic hydroxyl groups is 1. The Morgan fingerprint density at radius 1 is 1.48 bits per heavy atom. The summed E-state index contributed by atoms with van der Waals surface area (Å²) in [5.41, 5.74) is -1.12. The summed E-state index contributed by atoms with van der Waals surface area (Å²) in [6, 6.07) is 5.21. The second-order valence-electron chi connectivity index (χ2n) is 5.64. The van der Waals surface area contributed by atoms with Crippen molar-refractivity contribution in [2.75, 3.05) is 11.9 Å². The van der Waals surface area contributed by atoms with Crippen LogP contribution in [0.4, 0.5) is 5.82 Å². The zero-order valence-electron chi connectivity index (χ0n) is 12.5. The number of anilines is 1. The van der Waals surface area contributed by atoms with Crippen molar-refractivity contribution in [1.82, 2.24) is 10.5 Å². The first kappa shape index (κ1) is 15.7. The molecule has 0 radical (unpaired) electrons. The number of carbonyl (C=O) groups is 2. The molecule has 0 bridgehead atoms. The average molecular weight is 335 g/mol. The van der Waals surface area contributed by atoms with Gasteiger partial charge in [-0.1, -0.05) is 11.2 Å². The van der Waals surface area contributed by atoms with Crippen LogP contribution in [0.5, 0.6) is 0 Å². The topological polar surface area (TPSA) is 104 Å². The Morgan fingerprint density at radius 3 is 2.83 bits per heavy atom. The minimum absolute atomic E-state index is 0.00226. The van der Waals surface area contributed by atoms with E-state index >= 15 is 0 Å². The number of aryl methyl sites for hydroxylation is 1. The SMILES string of the molecule is Cc1cc(NC(=O)C(=O)NC[C@](O)(c2cccs2)C2CC2)no1. The van der Waals surface area contributed by atoms with Crippen molar-refractivity contribution in [2.45, 2.75) is 25.4 Å². The standard InChI is InChI=1S/C15H17N3O4S/c1-9-7-12(18-22-9)17-14(20)13(19)16-8-15(21,10-4-5-10)11-3-2-6-23-11/h2-3,6-7,10,21H,4-5,8H2,1H3,(H,16,19)(H,17,18,20)/t15-/m1/s1. The normalized spacial score (nSPS) is 16.6.